The molecule has 0 spiro atoms. The summed E-state index contributed by atoms with van der Waals surface area (Å²) in [7, 11) is 0. The van der Waals surface area contributed by atoms with Crippen LogP contribution in [0, 0.1) is 0 Å². The molecule has 2 aromatic rings. The van der Waals surface area contributed by atoms with Crippen molar-refractivity contribution in [2.45, 2.75) is 6.42 Å². The maximum absolute atomic E-state index is 5.92. The van der Waals surface area contributed by atoms with Crippen molar-refractivity contribution in [2.24, 2.45) is 5.73 Å². The van der Waals surface area contributed by atoms with E-state index in [0.717, 1.165) is 22.0 Å². The van der Waals surface area contributed by atoms with E-state index in [0.29, 0.717) is 6.54 Å². The van der Waals surface area contributed by atoms with Crippen molar-refractivity contribution in [3.05, 3.63) is 40.4 Å². The Bertz CT molecular complexity index is 453. The van der Waals surface area contributed by atoms with Crippen LogP contribution in [-0.4, -0.2) is 11.5 Å². The summed E-state index contributed by atoms with van der Waals surface area (Å²) >= 11 is 7.59. The molecule has 1 heterocycles. The Labute approximate surface area is 97.7 Å². The standard InChI is InChI=1S/C11H11ClN2S/c12-9-3-1-2-8(6-9)11-14-7-10(15-11)4-5-13/h1-3,6-7H,4-5,13H2. The normalized spacial score (nSPS) is 10.5. The summed E-state index contributed by atoms with van der Waals surface area (Å²) < 4.78 is 0. The lowest BCUT2D eigenvalue weighted by Gasteiger charge is -1.95. The smallest absolute Gasteiger partial charge is 0.123 e. The van der Waals surface area contributed by atoms with Crippen LogP contribution in [0.5, 0.6) is 0 Å². The van der Waals surface area contributed by atoms with Gasteiger partial charge in [0.05, 0.1) is 0 Å². The van der Waals surface area contributed by atoms with Crippen LogP contribution in [0.2, 0.25) is 5.02 Å². The zero-order valence-corrected chi connectivity index (χ0v) is 9.68. The molecule has 0 aliphatic carbocycles. The van der Waals surface area contributed by atoms with Gasteiger partial charge in [-0.05, 0) is 25.1 Å². The topological polar surface area (TPSA) is 38.9 Å². The van der Waals surface area contributed by atoms with Gasteiger partial charge < -0.3 is 5.73 Å². The lowest BCUT2D eigenvalue weighted by atomic mass is 10.2. The predicted molar refractivity (Wildman–Crippen MR) is 65.3 cm³/mol. The molecule has 2 rings (SSSR count). The minimum absolute atomic E-state index is 0.664. The van der Waals surface area contributed by atoms with Crippen molar-refractivity contribution in [3.63, 3.8) is 0 Å². The number of aromatic nitrogens is 1. The first-order valence-corrected chi connectivity index (χ1v) is 5.90. The van der Waals surface area contributed by atoms with E-state index in [-0.39, 0.29) is 0 Å². The highest BCUT2D eigenvalue weighted by Gasteiger charge is 2.04. The minimum atomic E-state index is 0.664. The molecular formula is C11H11ClN2S. The van der Waals surface area contributed by atoms with Gasteiger partial charge in [-0.1, -0.05) is 23.7 Å². The highest BCUT2D eigenvalue weighted by atomic mass is 35.5. The molecule has 2 N–H and O–H groups in total. The molecule has 1 aromatic carbocycles. The first-order chi connectivity index (χ1) is 7.29. The fraction of sp³-hybridized carbons (Fsp3) is 0.182. The van der Waals surface area contributed by atoms with Gasteiger partial charge in [0.15, 0.2) is 0 Å². The Kier molecular flexibility index (Phi) is 3.36. The molecule has 0 saturated heterocycles. The van der Waals surface area contributed by atoms with Crippen LogP contribution >= 0.6 is 22.9 Å². The second-order valence-corrected chi connectivity index (χ2v) is 4.73. The minimum Gasteiger partial charge on any atom is -0.330 e. The average molecular weight is 239 g/mol. The molecule has 4 heteroatoms. The molecule has 0 unspecified atom stereocenters. The summed E-state index contributed by atoms with van der Waals surface area (Å²) in [6.07, 6.45) is 2.77. The van der Waals surface area contributed by atoms with Crippen LogP contribution in [0.25, 0.3) is 10.6 Å². The summed E-state index contributed by atoms with van der Waals surface area (Å²) in [4.78, 5) is 5.57. The Morgan fingerprint density at radius 1 is 1.40 bits per heavy atom. The highest BCUT2D eigenvalue weighted by Crippen LogP contribution is 2.27. The number of benzene rings is 1. The number of thiazole rings is 1. The fourth-order valence-electron chi connectivity index (χ4n) is 1.32. The van der Waals surface area contributed by atoms with Crippen LogP contribution in [0.15, 0.2) is 30.5 Å². The Hall–Kier alpha value is -0.900. The van der Waals surface area contributed by atoms with Crippen LogP contribution in [0.4, 0.5) is 0 Å². The van der Waals surface area contributed by atoms with Gasteiger partial charge >= 0.3 is 0 Å². The molecule has 0 radical (unpaired) electrons. The predicted octanol–water partition coefficient (Wildman–Crippen LogP) is 2.96. The number of hydrogen-bond acceptors (Lipinski definition) is 3. The van der Waals surface area contributed by atoms with Crippen LogP contribution in [0.1, 0.15) is 4.88 Å². The molecule has 0 aliphatic rings. The third-order valence-corrected chi connectivity index (χ3v) is 3.36. The summed E-state index contributed by atoms with van der Waals surface area (Å²) in [5.74, 6) is 0. The maximum atomic E-state index is 5.92. The monoisotopic (exact) mass is 238 g/mol. The summed E-state index contributed by atoms with van der Waals surface area (Å²) in [5, 5.41) is 1.74. The van der Waals surface area contributed by atoms with E-state index in [4.69, 9.17) is 17.3 Å². The largest absolute Gasteiger partial charge is 0.330 e. The van der Waals surface area contributed by atoms with Gasteiger partial charge in [-0.15, -0.1) is 11.3 Å². The van der Waals surface area contributed by atoms with Gasteiger partial charge in [-0.2, -0.15) is 0 Å². The highest BCUT2D eigenvalue weighted by molar-refractivity contribution is 7.15. The van der Waals surface area contributed by atoms with Crippen molar-refractivity contribution in [3.8, 4) is 10.6 Å². The number of hydrogen-bond donors (Lipinski definition) is 1. The molecule has 15 heavy (non-hydrogen) atoms. The lowest BCUT2D eigenvalue weighted by molar-refractivity contribution is 0.984. The van der Waals surface area contributed by atoms with E-state index >= 15 is 0 Å². The first kappa shape index (κ1) is 10.6. The molecule has 1 aromatic heterocycles. The Morgan fingerprint density at radius 2 is 2.27 bits per heavy atom. The number of nitrogens with zero attached hydrogens (tertiary/aromatic N) is 1. The fourth-order valence-corrected chi connectivity index (χ4v) is 2.43. The summed E-state index contributed by atoms with van der Waals surface area (Å²) in [6, 6.07) is 7.73. The number of rotatable bonds is 3. The third-order valence-electron chi connectivity index (χ3n) is 2.02. The Morgan fingerprint density at radius 3 is 3.00 bits per heavy atom. The molecule has 0 atom stereocenters. The van der Waals surface area contributed by atoms with E-state index in [2.05, 4.69) is 4.98 Å². The quantitative estimate of drug-likeness (QED) is 0.893. The van der Waals surface area contributed by atoms with Gasteiger partial charge in [0.1, 0.15) is 5.01 Å². The van der Waals surface area contributed by atoms with Crippen molar-refractivity contribution in [1.82, 2.24) is 4.98 Å². The van der Waals surface area contributed by atoms with Gasteiger partial charge in [0, 0.05) is 21.7 Å². The van der Waals surface area contributed by atoms with Gasteiger partial charge in [-0.3, -0.25) is 0 Å². The zero-order chi connectivity index (χ0) is 10.7. The molecule has 0 saturated carbocycles. The maximum Gasteiger partial charge on any atom is 0.123 e. The van der Waals surface area contributed by atoms with E-state index in [1.807, 2.05) is 30.5 Å². The third kappa shape index (κ3) is 2.56. The van der Waals surface area contributed by atoms with Gasteiger partial charge in [-0.25, -0.2) is 4.98 Å². The first-order valence-electron chi connectivity index (χ1n) is 4.70. The molecule has 2 nitrogen and oxygen atoms in total. The van der Waals surface area contributed by atoms with Gasteiger partial charge in [0.25, 0.3) is 0 Å². The van der Waals surface area contributed by atoms with Crippen molar-refractivity contribution in [1.29, 1.82) is 0 Å². The number of nitrogens with two attached hydrogens (primary N) is 1. The van der Waals surface area contributed by atoms with Gasteiger partial charge in [0.2, 0.25) is 0 Å². The van der Waals surface area contributed by atoms with Crippen LogP contribution < -0.4 is 5.73 Å². The Balaban J connectivity index is 2.29. The SMILES string of the molecule is NCCc1cnc(-c2cccc(Cl)c2)s1. The lowest BCUT2D eigenvalue weighted by Crippen LogP contribution is -2.00. The second kappa shape index (κ2) is 4.75. The second-order valence-electron chi connectivity index (χ2n) is 3.18. The summed E-state index contributed by atoms with van der Waals surface area (Å²) in [5.41, 5.74) is 6.56. The number of halogens is 1. The molecule has 0 aliphatic heterocycles. The van der Waals surface area contributed by atoms with Crippen molar-refractivity contribution < 1.29 is 0 Å². The molecule has 0 amide bonds. The molecule has 78 valence electrons. The van der Waals surface area contributed by atoms with E-state index in [1.54, 1.807) is 11.3 Å². The molecule has 0 fully saturated rings. The van der Waals surface area contributed by atoms with Crippen molar-refractivity contribution >= 4 is 22.9 Å². The zero-order valence-electron chi connectivity index (χ0n) is 8.11. The van der Waals surface area contributed by atoms with Crippen molar-refractivity contribution in [2.75, 3.05) is 6.54 Å². The van der Waals surface area contributed by atoms with E-state index < -0.39 is 0 Å². The van der Waals surface area contributed by atoms with Crippen LogP contribution in [0.3, 0.4) is 0 Å². The van der Waals surface area contributed by atoms with Crippen LogP contribution in [-0.2, 0) is 6.42 Å². The molecule has 0 bridgehead atoms. The average Bonchev–Trinajstić information content (AvgIpc) is 2.67. The van der Waals surface area contributed by atoms with E-state index in [9.17, 15) is 0 Å². The summed E-state index contributed by atoms with van der Waals surface area (Å²) in [6.45, 7) is 0.664. The van der Waals surface area contributed by atoms with E-state index in [1.165, 1.54) is 4.88 Å². The molecular weight excluding hydrogens is 228 g/mol.